The van der Waals surface area contributed by atoms with Gasteiger partial charge in [-0.3, -0.25) is 0 Å². The second-order valence-corrected chi connectivity index (χ2v) is 6.32. The number of rotatable bonds is 2. The SMILES string of the molecule is O=C(O)c1cc2c([nH]c3ccc(F)cc32)c(-c2ccc(Br)cc2)n1. The van der Waals surface area contributed by atoms with Gasteiger partial charge in [0, 0.05) is 26.3 Å². The molecule has 4 rings (SSSR count). The minimum absolute atomic E-state index is 0.0782. The van der Waals surface area contributed by atoms with Crippen molar-refractivity contribution in [3.8, 4) is 11.3 Å². The number of aromatic nitrogens is 2. The first-order valence-corrected chi connectivity index (χ1v) is 7.93. The van der Waals surface area contributed by atoms with Gasteiger partial charge in [-0.05, 0) is 36.4 Å². The summed E-state index contributed by atoms with van der Waals surface area (Å²) in [6.45, 7) is 0. The number of nitrogens with one attached hydrogen (secondary N) is 1. The summed E-state index contributed by atoms with van der Waals surface area (Å²) in [4.78, 5) is 19.0. The Labute approximate surface area is 144 Å². The molecule has 0 saturated heterocycles. The third-order valence-electron chi connectivity index (χ3n) is 3.89. The van der Waals surface area contributed by atoms with Crippen LogP contribution in [0.4, 0.5) is 4.39 Å². The van der Waals surface area contributed by atoms with E-state index in [1.165, 1.54) is 18.2 Å². The van der Waals surface area contributed by atoms with Gasteiger partial charge in [-0.2, -0.15) is 0 Å². The number of carboxylic acids is 1. The number of fused-ring (bicyclic) bond motifs is 3. The van der Waals surface area contributed by atoms with Crippen molar-refractivity contribution in [3.05, 3.63) is 64.5 Å². The molecule has 4 nitrogen and oxygen atoms in total. The number of carboxylic acid groups (broad SMARTS) is 1. The fraction of sp³-hybridized carbons (Fsp3) is 0. The first-order chi connectivity index (χ1) is 11.5. The number of aromatic amines is 1. The van der Waals surface area contributed by atoms with Gasteiger partial charge in [0.15, 0.2) is 0 Å². The molecule has 0 unspecified atom stereocenters. The Morgan fingerprint density at radius 2 is 1.83 bits per heavy atom. The normalized spacial score (nSPS) is 11.2. The molecule has 2 heterocycles. The van der Waals surface area contributed by atoms with Crippen molar-refractivity contribution in [1.82, 2.24) is 9.97 Å². The van der Waals surface area contributed by atoms with Gasteiger partial charge in [0.05, 0.1) is 11.2 Å². The van der Waals surface area contributed by atoms with Crippen LogP contribution >= 0.6 is 15.9 Å². The molecule has 0 amide bonds. The predicted octanol–water partition coefficient (Wildman–Crippen LogP) is 4.98. The van der Waals surface area contributed by atoms with Crippen LogP contribution < -0.4 is 0 Å². The first-order valence-electron chi connectivity index (χ1n) is 7.14. The van der Waals surface area contributed by atoms with Crippen LogP contribution in [0, 0.1) is 5.82 Å². The number of hydrogen-bond donors (Lipinski definition) is 2. The van der Waals surface area contributed by atoms with Crippen LogP contribution in [0.1, 0.15) is 10.5 Å². The zero-order valence-corrected chi connectivity index (χ0v) is 13.8. The van der Waals surface area contributed by atoms with Crippen molar-refractivity contribution >= 4 is 43.7 Å². The molecule has 24 heavy (non-hydrogen) atoms. The molecular formula is C18H10BrFN2O2. The van der Waals surface area contributed by atoms with Gasteiger partial charge in [0.2, 0.25) is 0 Å². The maximum Gasteiger partial charge on any atom is 0.354 e. The second-order valence-electron chi connectivity index (χ2n) is 5.41. The average Bonchev–Trinajstić information content (AvgIpc) is 2.92. The molecule has 0 aliphatic carbocycles. The van der Waals surface area contributed by atoms with E-state index in [1.54, 1.807) is 6.07 Å². The summed E-state index contributed by atoms with van der Waals surface area (Å²) in [5, 5.41) is 10.6. The largest absolute Gasteiger partial charge is 0.477 e. The maximum atomic E-state index is 13.6. The first kappa shape index (κ1) is 14.8. The van der Waals surface area contributed by atoms with Gasteiger partial charge < -0.3 is 10.1 Å². The van der Waals surface area contributed by atoms with Crippen LogP contribution in [0.25, 0.3) is 33.1 Å². The molecule has 0 atom stereocenters. The van der Waals surface area contributed by atoms with E-state index >= 15 is 0 Å². The van der Waals surface area contributed by atoms with E-state index in [-0.39, 0.29) is 11.5 Å². The molecule has 0 aliphatic heterocycles. The molecule has 0 bridgehead atoms. The van der Waals surface area contributed by atoms with E-state index in [1.807, 2.05) is 24.3 Å². The highest BCUT2D eigenvalue weighted by molar-refractivity contribution is 9.10. The van der Waals surface area contributed by atoms with Crippen LogP contribution in [0.15, 0.2) is 53.0 Å². The van der Waals surface area contributed by atoms with Gasteiger partial charge in [0.1, 0.15) is 11.5 Å². The van der Waals surface area contributed by atoms with E-state index in [9.17, 15) is 14.3 Å². The Morgan fingerprint density at radius 3 is 2.54 bits per heavy atom. The number of nitrogens with zero attached hydrogens (tertiary/aromatic N) is 1. The molecule has 2 aromatic heterocycles. The second kappa shape index (κ2) is 5.42. The van der Waals surface area contributed by atoms with Gasteiger partial charge in [0.25, 0.3) is 0 Å². The van der Waals surface area contributed by atoms with Crippen molar-refractivity contribution < 1.29 is 14.3 Å². The summed E-state index contributed by atoms with van der Waals surface area (Å²) in [6.07, 6.45) is 0. The number of pyridine rings is 1. The summed E-state index contributed by atoms with van der Waals surface area (Å²) in [6, 6.07) is 13.3. The number of aromatic carboxylic acids is 1. The van der Waals surface area contributed by atoms with Gasteiger partial charge in [-0.25, -0.2) is 14.2 Å². The van der Waals surface area contributed by atoms with Crippen LogP contribution in [0.3, 0.4) is 0 Å². The molecule has 118 valence electrons. The summed E-state index contributed by atoms with van der Waals surface area (Å²) < 4.78 is 14.5. The van der Waals surface area contributed by atoms with E-state index in [0.29, 0.717) is 22.0 Å². The van der Waals surface area contributed by atoms with Gasteiger partial charge in [-0.1, -0.05) is 28.1 Å². The summed E-state index contributed by atoms with van der Waals surface area (Å²) in [5.74, 6) is -1.50. The highest BCUT2D eigenvalue weighted by Crippen LogP contribution is 2.33. The lowest BCUT2D eigenvalue weighted by Gasteiger charge is -2.05. The maximum absolute atomic E-state index is 13.6. The smallest absolute Gasteiger partial charge is 0.354 e. The number of carbonyl (C=O) groups is 1. The lowest BCUT2D eigenvalue weighted by Crippen LogP contribution is -2.01. The minimum Gasteiger partial charge on any atom is -0.477 e. The van der Waals surface area contributed by atoms with Crippen molar-refractivity contribution in [3.63, 3.8) is 0 Å². The Bertz CT molecular complexity index is 1100. The summed E-state index contributed by atoms with van der Waals surface area (Å²) in [7, 11) is 0. The molecule has 6 heteroatoms. The molecular weight excluding hydrogens is 375 g/mol. The van der Waals surface area contributed by atoms with Crippen LogP contribution in [0.5, 0.6) is 0 Å². The Hall–Kier alpha value is -2.73. The van der Waals surface area contributed by atoms with Crippen molar-refractivity contribution in [1.29, 1.82) is 0 Å². The molecule has 4 aromatic rings. The molecule has 0 spiro atoms. The Kier molecular flexibility index (Phi) is 3.35. The quantitative estimate of drug-likeness (QED) is 0.511. The predicted molar refractivity (Wildman–Crippen MR) is 93.7 cm³/mol. The van der Waals surface area contributed by atoms with Crippen molar-refractivity contribution in [2.45, 2.75) is 0 Å². The highest BCUT2D eigenvalue weighted by Gasteiger charge is 2.16. The molecule has 0 aliphatic rings. The van der Waals surface area contributed by atoms with Gasteiger partial charge >= 0.3 is 5.97 Å². The fourth-order valence-electron chi connectivity index (χ4n) is 2.79. The molecule has 0 radical (unpaired) electrons. The van der Waals surface area contributed by atoms with Crippen LogP contribution in [-0.2, 0) is 0 Å². The average molecular weight is 385 g/mol. The number of benzene rings is 2. The summed E-state index contributed by atoms with van der Waals surface area (Å²) >= 11 is 3.38. The van der Waals surface area contributed by atoms with Crippen molar-refractivity contribution in [2.24, 2.45) is 0 Å². The molecule has 0 fully saturated rings. The van der Waals surface area contributed by atoms with Gasteiger partial charge in [-0.15, -0.1) is 0 Å². The molecule has 2 aromatic carbocycles. The molecule has 0 saturated carbocycles. The lowest BCUT2D eigenvalue weighted by molar-refractivity contribution is 0.0691. The monoisotopic (exact) mass is 384 g/mol. The number of H-pyrrole nitrogens is 1. The Morgan fingerprint density at radius 1 is 1.08 bits per heavy atom. The third kappa shape index (κ3) is 2.35. The van der Waals surface area contributed by atoms with Crippen molar-refractivity contribution in [2.75, 3.05) is 0 Å². The third-order valence-corrected chi connectivity index (χ3v) is 4.42. The van der Waals surface area contributed by atoms with E-state index in [4.69, 9.17) is 0 Å². The van der Waals surface area contributed by atoms with E-state index < -0.39 is 5.97 Å². The van der Waals surface area contributed by atoms with Crippen LogP contribution in [0.2, 0.25) is 0 Å². The number of halogens is 2. The number of hydrogen-bond acceptors (Lipinski definition) is 2. The standard InChI is InChI=1S/C18H10BrFN2O2/c19-10-3-1-9(2-4-10)16-17-13(8-15(22-16)18(23)24)12-7-11(20)5-6-14(12)21-17/h1-8,21H,(H,23,24). The fourth-order valence-corrected chi connectivity index (χ4v) is 3.06. The van der Waals surface area contributed by atoms with E-state index in [0.717, 1.165) is 15.6 Å². The Balaban J connectivity index is 2.12. The summed E-state index contributed by atoms with van der Waals surface area (Å²) in [5.41, 5.74) is 2.63. The zero-order chi connectivity index (χ0) is 16.8. The topological polar surface area (TPSA) is 66.0 Å². The highest BCUT2D eigenvalue weighted by atomic mass is 79.9. The van der Waals surface area contributed by atoms with Crippen LogP contribution in [-0.4, -0.2) is 21.0 Å². The zero-order valence-electron chi connectivity index (χ0n) is 12.2. The van der Waals surface area contributed by atoms with E-state index in [2.05, 4.69) is 25.9 Å². The lowest BCUT2D eigenvalue weighted by atomic mass is 10.1. The molecule has 2 N–H and O–H groups in total. The minimum atomic E-state index is -1.12.